The lowest BCUT2D eigenvalue weighted by atomic mass is 10.1. The Morgan fingerprint density at radius 1 is 1.12 bits per heavy atom. The summed E-state index contributed by atoms with van der Waals surface area (Å²) in [6.07, 6.45) is 7.48. The van der Waals surface area contributed by atoms with Crippen molar-refractivity contribution in [3.8, 4) is 11.3 Å². The average molecular weight is 351 g/mol. The summed E-state index contributed by atoms with van der Waals surface area (Å²) in [6.45, 7) is 0. The highest BCUT2D eigenvalue weighted by Crippen LogP contribution is 2.25. The number of pyridine rings is 1. The van der Waals surface area contributed by atoms with Crippen molar-refractivity contribution in [3.05, 3.63) is 60.1 Å². The monoisotopic (exact) mass is 351 g/mol. The lowest BCUT2D eigenvalue weighted by Gasteiger charge is -2.04. The zero-order valence-corrected chi connectivity index (χ0v) is 13.2. The van der Waals surface area contributed by atoms with Crippen molar-refractivity contribution in [1.82, 2.24) is 19.9 Å². The third-order valence-corrected chi connectivity index (χ3v) is 3.86. The molecule has 3 N–H and O–H groups in total. The van der Waals surface area contributed by atoms with Gasteiger partial charge in [-0.2, -0.15) is 0 Å². The lowest BCUT2D eigenvalue weighted by Crippen LogP contribution is -2.05. The maximum absolute atomic E-state index is 13.5. The van der Waals surface area contributed by atoms with Crippen molar-refractivity contribution in [1.29, 1.82) is 0 Å². The van der Waals surface area contributed by atoms with Crippen LogP contribution in [-0.4, -0.2) is 25.8 Å². The van der Waals surface area contributed by atoms with Gasteiger partial charge in [-0.1, -0.05) is 0 Å². The van der Waals surface area contributed by atoms with E-state index in [2.05, 4.69) is 19.9 Å². The van der Waals surface area contributed by atoms with E-state index in [1.54, 1.807) is 18.5 Å². The Balaban J connectivity index is 1.83. The summed E-state index contributed by atoms with van der Waals surface area (Å²) in [5, 5.41) is 0.450. The van der Waals surface area contributed by atoms with Crippen LogP contribution >= 0.6 is 0 Å². The number of aromatic nitrogens is 4. The topological polar surface area (TPSA) is 97.6 Å². The van der Waals surface area contributed by atoms with Crippen LogP contribution in [0.5, 0.6) is 0 Å². The molecule has 0 saturated heterocycles. The van der Waals surface area contributed by atoms with E-state index in [1.165, 1.54) is 18.3 Å². The summed E-state index contributed by atoms with van der Waals surface area (Å²) in [5.41, 5.74) is 8.29. The number of hydrogen-bond donors (Lipinski definition) is 2. The van der Waals surface area contributed by atoms with Crippen molar-refractivity contribution in [2.24, 2.45) is 5.73 Å². The molecule has 3 heterocycles. The average Bonchev–Trinajstić information content (AvgIpc) is 3.03. The summed E-state index contributed by atoms with van der Waals surface area (Å²) in [5.74, 6) is -2.46. The molecule has 0 radical (unpaired) electrons. The predicted octanol–water partition coefficient (Wildman–Crippen LogP) is 2.95. The van der Waals surface area contributed by atoms with Crippen molar-refractivity contribution >= 4 is 34.1 Å². The van der Waals surface area contributed by atoms with Crippen LogP contribution in [0.15, 0.2) is 42.9 Å². The number of H-pyrrole nitrogens is 1. The normalized spacial score (nSPS) is 11.6. The first-order valence-corrected chi connectivity index (χ1v) is 7.58. The predicted molar refractivity (Wildman–Crippen MR) is 92.8 cm³/mol. The van der Waals surface area contributed by atoms with E-state index in [0.717, 1.165) is 12.1 Å². The van der Waals surface area contributed by atoms with Crippen molar-refractivity contribution in [3.63, 3.8) is 0 Å². The Morgan fingerprint density at radius 3 is 2.73 bits per heavy atom. The molecule has 0 aliphatic carbocycles. The van der Waals surface area contributed by atoms with Gasteiger partial charge in [-0.3, -0.25) is 9.78 Å². The molecule has 4 rings (SSSR count). The molecule has 128 valence electrons. The van der Waals surface area contributed by atoms with E-state index >= 15 is 0 Å². The first kappa shape index (κ1) is 15.8. The fourth-order valence-electron chi connectivity index (χ4n) is 2.61. The molecule has 0 atom stereocenters. The van der Waals surface area contributed by atoms with Gasteiger partial charge in [-0.15, -0.1) is 0 Å². The van der Waals surface area contributed by atoms with Crippen LogP contribution in [0.2, 0.25) is 0 Å². The van der Waals surface area contributed by atoms with Gasteiger partial charge in [0.15, 0.2) is 17.3 Å². The highest BCUT2D eigenvalue weighted by molar-refractivity contribution is 5.94. The minimum atomic E-state index is -0.947. The lowest BCUT2D eigenvalue weighted by molar-refractivity contribution is -0.113. The van der Waals surface area contributed by atoms with Crippen LogP contribution in [0, 0.1) is 11.6 Å². The standard InChI is InChI=1S/C18H11F2N5O/c19-12-4-10-3-11(7-22-14(10)5-13(12)20)15-8-24-18-17(25-15)9(6-23-18)1-2-16(21)26/h1-8H,(H2,21,26)(H,23,24). The van der Waals surface area contributed by atoms with E-state index in [9.17, 15) is 13.6 Å². The van der Waals surface area contributed by atoms with Gasteiger partial charge in [0, 0.05) is 41.0 Å². The van der Waals surface area contributed by atoms with E-state index in [0.29, 0.717) is 38.9 Å². The van der Waals surface area contributed by atoms with Crippen LogP contribution in [0.25, 0.3) is 39.4 Å². The second-order valence-corrected chi connectivity index (χ2v) is 5.62. The number of fused-ring (bicyclic) bond motifs is 2. The van der Waals surface area contributed by atoms with Gasteiger partial charge < -0.3 is 10.7 Å². The number of carbonyl (C=O) groups is 1. The van der Waals surface area contributed by atoms with E-state index in [1.807, 2.05) is 0 Å². The molecule has 3 aromatic heterocycles. The summed E-state index contributed by atoms with van der Waals surface area (Å²) < 4.78 is 26.8. The number of hydrogen-bond acceptors (Lipinski definition) is 4. The third-order valence-electron chi connectivity index (χ3n) is 3.86. The number of benzene rings is 1. The smallest absolute Gasteiger partial charge is 0.241 e. The first-order valence-electron chi connectivity index (χ1n) is 7.58. The molecule has 0 bridgehead atoms. The molecule has 8 heteroatoms. The van der Waals surface area contributed by atoms with Crippen LogP contribution in [-0.2, 0) is 4.79 Å². The number of primary amides is 1. The second kappa shape index (κ2) is 5.99. The zero-order chi connectivity index (χ0) is 18.3. The number of rotatable bonds is 3. The molecule has 0 fully saturated rings. The largest absolute Gasteiger partial charge is 0.366 e. The fraction of sp³-hybridized carbons (Fsp3) is 0. The molecule has 1 amide bonds. The van der Waals surface area contributed by atoms with Crippen LogP contribution in [0.4, 0.5) is 8.78 Å². The third kappa shape index (κ3) is 2.77. The summed E-state index contributed by atoms with van der Waals surface area (Å²) >= 11 is 0. The zero-order valence-electron chi connectivity index (χ0n) is 13.2. The first-order chi connectivity index (χ1) is 12.5. The molecule has 0 aliphatic heterocycles. The molecule has 0 saturated carbocycles. The summed E-state index contributed by atoms with van der Waals surface area (Å²) in [4.78, 5) is 26.8. The Bertz CT molecular complexity index is 1200. The van der Waals surface area contributed by atoms with E-state index in [4.69, 9.17) is 5.73 Å². The van der Waals surface area contributed by atoms with Gasteiger partial charge in [0.05, 0.1) is 17.4 Å². The Labute approximate surface area is 145 Å². The van der Waals surface area contributed by atoms with Gasteiger partial charge in [0.1, 0.15) is 5.52 Å². The van der Waals surface area contributed by atoms with Crippen LogP contribution < -0.4 is 5.73 Å². The summed E-state index contributed by atoms with van der Waals surface area (Å²) in [6, 6.07) is 3.79. The van der Waals surface area contributed by atoms with Gasteiger partial charge >= 0.3 is 0 Å². The van der Waals surface area contributed by atoms with E-state index < -0.39 is 17.5 Å². The second-order valence-electron chi connectivity index (χ2n) is 5.62. The number of nitrogens with one attached hydrogen (secondary N) is 1. The minimum Gasteiger partial charge on any atom is -0.366 e. The molecule has 4 aromatic rings. The van der Waals surface area contributed by atoms with Gasteiger partial charge in [0.25, 0.3) is 0 Å². The number of aromatic amines is 1. The van der Waals surface area contributed by atoms with Crippen molar-refractivity contribution in [2.45, 2.75) is 0 Å². The Hall–Kier alpha value is -3.68. The van der Waals surface area contributed by atoms with Crippen LogP contribution in [0.1, 0.15) is 5.56 Å². The Morgan fingerprint density at radius 2 is 1.92 bits per heavy atom. The molecule has 26 heavy (non-hydrogen) atoms. The van der Waals surface area contributed by atoms with Gasteiger partial charge in [-0.25, -0.2) is 18.7 Å². The number of halogens is 2. The maximum Gasteiger partial charge on any atom is 0.241 e. The molecule has 0 aliphatic rings. The Kier molecular flexibility index (Phi) is 3.65. The maximum atomic E-state index is 13.5. The number of nitrogens with two attached hydrogens (primary N) is 1. The van der Waals surface area contributed by atoms with Gasteiger partial charge in [0.2, 0.25) is 5.91 Å². The quantitative estimate of drug-likeness (QED) is 0.555. The SMILES string of the molecule is NC(=O)C=Cc1c[nH]c2ncc(-c3cnc4cc(F)c(F)cc4c3)nc12. The van der Waals surface area contributed by atoms with Crippen LogP contribution in [0.3, 0.4) is 0 Å². The molecular formula is C18H11F2N5O. The fourth-order valence-corrected chi connectivity index (χ4v) is 2.61. The molecule has 0 unspecified atom stereocenters. The molecule has 6 nitrogen and oxygen atoms in total. The number of nitrogens with zero attached hydrogens (tertiary/aromatic N) is 3. The van der Waals surface area contributed by atoms with Crippen molar-refractivity contribution < 1.29 is 13.6 Å². The molecule has 0 spiro atoms. The number of amides is 1. The number of carbonyl (C=O) groups excluding carboxylic acids is 1. The molecular weight excluding hydrogens is 340 g/mol. The van der Waals surface area contributed by atoms with Gasteiger partial charge in [-0.05, 0) is 18.2 Å². The molecule has 1 aromatic carbocycles. The highest BCUT2D eigenvalue weighted by Gasteiger charge is 2.10. The van der Waals surface area contributed by atoms with Crippen molar-refractivity contribution in [2.75, 3.05) is 0 Å². The summed E-state index contributed by atoms with van der Waals surface area (Å²) in [7, 11) is 0. The van der Waals surface area contributed by atoms with E-state index in [-0.39, 0.29) is 0 Å². The minimum absolute atomic E-state index is 0.341. The highest BCUT2D eigenvalue weighted by atomic mass is 19.2.